The van der Waals surface area contributed by atoms with Crippen LogP contribution in [0.2, 0.25) is 0 Å². The van der Waals surface area contributed by atoms with Crippen molar-refractivity contribution in [3.63, 3.8) is 0 Å². The van der Waals surface area contributed by atoms with Gasteiger partial charge in [-0.25, -0.2) is 0 Å². The molecule has 0 bridgehead atoms. The van der Waals surface area contributed by atoms with E-state index in [1.165, 1.54) is 0 Å². The molecule has 5 heteroatoms. The molecule has 0 aliphatic heterocycles. The molecule has 0 aliphatic rings. The molecule has 26 heavy (non-hydrogen) atoms. The Hall–Kier alpha value is -2.69. The van der Waals surface area contributed by atoms with E-state index in [0.29, 0.717) is 11.5 Å². The van der Waals surface area contributed by atoms with Crippen LogP contribution in [0, 0.1) is 6.92 Å². The van der Waals surface area contributed by atoms with Crippen LogP contribution < -0.4 is 19.5 Å². The number of benzene rings is 2. The van der Waals surface area contributed by atoms with E-state index >= 15 is 0 Å². The maximum atomic E-state index is 12.6. The SMILES string of the molecule is CCC(NC(=O)C(C)Oc1ccccc1OC)c1ccc(OC)c(C)c1. The minimum absolute atomic E-state index is 0.0872. The summed E-state index contributed by atoms with van der Waals surface area (Å²) in [5.41, 5.74) is 2.08. The van der Waals surface area contributed by atoms with Crippen LogP contribution in [0.1, 0.15) is 37.4 Å². The molecule has 0 heterocycles. The van der Waals surface area contributed by atoms with Crippen LogP contribution in [0.4, 0.5) is 0 Å². The van der Waals surface area contributed by atoms with E-state index in [1.807, 2.05) is 44.2 Å². The first-order chi connectivity index (χ1) is 12.5. The summed E-state index contributed by atoms with van der Waals surface area (Å²) in [6, 6.07) is 13.1. The molecule has 2 aromatic carbocycles. The lowest BCUT2D eigenvalue weighted by Gasteiger charge is -2.22. The molecule has 0 aliphatic carbocycles. The lowest BCUT2D eigenvalue weighted by Crippen LogP contribution is -2.38. The van der Waals surface area contributed by atoms with Crippen LogP contribution in [-0.4, -0.2) is 26.2 Å². The third kappa shape index (κ3) is 4.69. The van der Waals surface area contributed by atoms with Crippen LogP contribution in [0.3, 0.4) is 0 Å². The summed E-state index contributed by atoms with van der Waals surface area (Å²) < 4.78 is 16.3. The molecule has 0 saturated heterocycles. The van der Waals surface area contributed by atoms with E-state index in [4.69, 9.17) is 14.2 Å². The maximum absolute atomic E-state index is 12.6. The number of methoxy groups -OCH3 is 2. The predicted molar refractivity (Wildman–Crippen MR) is 102 cm³/mol. The Morgan fingerprint density at radius 2 is 1.69 bits per heavy atom. The molecule has 5 nitrogen and oxygen atoms in total. The minimum Gasteiger partial charge on any atom is -0.496 e. The maximum Gasteiger partial charge on any atom is 0.261 e. The molecule has 1 amide bonds. The lowest BCUT2D eigenvalue weighted by atomic mass is 10.0. The van der Waals surface area contributed by atoms with Crippen molar-refractivity contribution in [1.29, 1.82) is 0 Å². The van der Waals surface area contributed by atoms with Gasteiger partial charge in [-0.15, -0.1) is 0 Å². The molecule has 2 rings (SSSR count). The highest BCUT2D eigenvalue weighted by Crippen LogP contribution is 2.27. The van der Waals surface area contributed by atoms with Crippen molar-refractivity contribution >= 4 is 5.91 Å². The highest BCUT2D eigenvalue weighted by Gasteiger charge is 2.21. The fraction of sp³-hybridized carbons (Fsp3) is 0.381. The Kier molecular flexibility index (Phi) is 6.89. The van der Waals surface area contributed by atoms with Gasteiger partial charge in [0.1, 0.15) is 5.75 Å². The van der Waals surface area contributed by atoms with Gasteiger partial charge < -0.3 is 19.5 Å². The van der Waals surface area contributed by atoms with E-state index in [1.54, 1.807) is 33.3 Å². The molecule has 0 radical (unpaired) electrons. The standard InChI is InChI=1S/C21H27NO4/c1-6-17(16-11-12-18(24-4)14(2)13-16)22-21(23)15(3)26-20-10-8-7-9-19(20)25-5/h7-13,15,17H,6H2,1-5H3,(H,22,23). The third-order valence-electron chi connectivity index (χ3n) is 4.29. The Labute approximate surface area is 155 Å². The molecule has 1 N–H and O–H groups in total. The highest BCUT2D eigenvalue weighted by molar-refractivity contribution is 5.81. The zero-order valence-corrected chi connectivity index (χ0v) is 16.0. The average Bonchev–Trinajstić information content (AvgIpc) is 2.66. The van der Waals surface area contributed by atoms with Crippen LogP contribution in [-0.2, 0) is 4.79 Å². The summed E-state index contributed by atoms with van der Waals surface area (Å²) in [6.45, 7) is 5.76. The van der Waals surface area contributed by atoms with Gasteiger partial charge in [0.2, 0.25) is 0 Å². The van der Waals surface area contributed by atoms with Crippen molar-refractivity contribution in [2.45, 2.75) is 39.3 Å². The van der Waals surface area contributed by atoms with Crippen molar-refractivity contribution in [3.05, 3.63) is 53.6 Å². The number of rotatable bonds is 8. The molecule has 0 spiro atoms. The van der Waals surface area contributed by atoms with Gasteiger partial charge in [-0.05, 0) is 49.6 Å². The van der Waals surface area contributed by atoms with E-state index in [-0.39, 0.29) is 11.9 Å². The molecule has 2 aromatic rings. The topological polar surface area (TPSA) is 56.8 Å². The Bertz CT molecular complexity index is 745. The zero-order chi connectivity index (χ0) is 19.1. The number of ether oxygens (including phenoxy) is 3. The summed E-state index contributed by atoms with van der Waals surface area (Å²) in [4.78, 5) is 12.6. The number of amides is 1. The van der Waals surface area contributed by atoms with Crippen molar-refractivity contribution < 1.29 is 19.0 Å². The summed E-state index contributed by atoms with van der Waals surface area (Å²) in [5, 5.41) is 3.06. The van der Waals surface area contributed by atoms with Gasteiger partial charge in [-0.1, -0.05) is 31.2 Å². The zero-order valence-electron chi connectivity index (χ0n) is 16.0. The second kappa shape index (κ2) is 9.13. The van der Waals surface area contributed by atoms with E-state index in [2.05, 4.69) is 5.32 Å². The molecule has 2 unspecified atom stereocenters. The van der Waals surface area contributed by atoms with Crippen molar-refractivity contribution in [2.24, 2.45) is 0 Å². The van der Waals surface area contributed by atoms with Crippen LogP contribution in [0.25, 0.3) is 0 Å². The molecule has 0 fully saturated rings. The van der Waals surface area contributed by atoms with Crippen LogP contribution >= 0.6 is 0 Å². The van der Waals surface area contributed by atoms with Gasteiger partial charge in [0.05, 0.1) is 20.3 Å². The van der Waals surface area contributed by atoms with Crippen molar-refractivity contribution in [3.8, 4) is 17.2 Å². The lowest BCUT2D eigenvalue weighted by molar-refractivity contribution is -0.128. The first kappa shape index (κ1) is 19.6. The first-order valence-corrected chi connectivity index (χ1v) is 8.74. The minimum atomic E-state index is -0.639. The fourth-order valence-corrected chi connectivity index (χ4v) is 2.79. The highest BCUT2D eigenvalue weighted by atomic mass is 16.5. The number of hydrogen-bond acceptors (Lipinski definition) is 4. The van der Waals surface area contributed by atoms with Gasteiger partial charge in [0.25, 0.3) is 5.91 Å². The largest absolute Gasteiger partial charge is 0.496 e. The summed E-state index contributed by atoms with van der Waals surface area (Å²) in [5.74, 6) is 1.81. The monoisotopic (exact) mass is 357 g/mol. The Balaban J connectivity index is 2.07. The molecule has 2 atom stereocenters. The number of para-hydroxylation sites is 2. The third-order valence-corrected chi connectivity index (χ3v) is 4.29. The van der Waals surface area contributed by atoms with Gasteiger partial charge in [-0.2, -0.15) is 0 Å². The summed E-state index contributed by atoms with van der Waals surface area (Å²) in [7, 11) is 3.23. The smallest absolute Gasteiger partial charge is 0.261 e. The molecule has 0 aromatic heterocycles. The fourth-order valence-electron chi connectivity index (χ4n) is 2.79. The van der Waals surface area contributed by atoms with Crippen molar-refractivity contribution in [2.75, 3.05) is 14.2 Å². The van der Waals surface area contributed by atoms with Crippen LogP contribution in [0.15, 0.2) is 42.5 Å². The second-order valence-electron chi connectivity index (χ2n) is 6.11. The van der Waals surface area contributed by atoms with Gasteiger partial charge in [-0.3, -0.25) is 4.79 Å². The van der Waals surface area contributed by atoms with Gasteiger partial charge in [0, 0.05) is 0 Å². The van der Waals surface area contributed by atoms with Gasteiger partial charge >= 0.3 is 0 Å². The second-order valence-corrected chi connectivity index (χ2v) is 6.11. The molecule has 0 saturated carbocycles. The van der Waals surface area contributed by atoms with Crippen LogP contribution in [0.5, 0.6) is 17.2 Å². The van der Waals surface area contributed by atoms with Crippen molar-refractivity contribution in [1.82, 2.24) is 5.32 Å². The number of aryl methyl sites for hydroxylation is 1. The van der Waals surface area contributed by atoms with Gasteiger partial charge in [0.15, 0.2) is 17.6 Å². The normalized spacial score (nSPS) is 12.8. The number of carbonyl (C=O) groups excluding carboxylic acids is 1. The molecular formula is C21H27NO4. The first-order valence-electron chi connectivity index (χ1n) is 8.74. The van der Waals surface area contributed by atoms with E-state index in [9.17, 15) is 4.79 Å². The summed E-state index contributed by atoms with van der Waals surface area (Å²) >= 11 is 0. The average molecular weight is 357 g/mol. The Morgan fingerprint density at radius 1 is 1.04 bits per heavy atom. The predicted octanol–water partition coefficient (Wildman–Crippen LogP) is 4.05. The number of hydrogen-bond donors (Lipinski definition) is 1. The molecular weight excluding hydrogens is 330 g/mol. The summed E-state index contributed by atoms with van der Waals surface area (Å²) in [6.07, 6.45) is 0.138. The Morgan fingerprint density at radius 3 is 2.27 bits per heavy atom. The van der Waals surface area contributed by atoms with E-state index < -0.39 is 6.10 Å². The number of carbonyl (C=O) groups is 1. The molecule has 140 valence electrons. The number of nitrogens with one attached hydrogen (secondary N) is 1. The quantitative estimate of drug-likeness (QED) is 0.774. The van der Waals surface area contributed by atoms with E-state index in [0.717, 1.165) is 23.3 Å².